The number of fused-ring (bicyclic) bond motifs is 1. The van der Waals surface area contributed by atoms with E-state index in [4.69, 9.17) is 4.42 Å². The van der Waals surface area contributed by atoms with Gasteiger partial charge in [-0.25, -0.2) is 14.4 Å². The number of hydrogen-bond donors (Lipinski definition) is 1. The van der Waals surface area contributed by atoms with Gasteiger partial charge < -0.3 is 14.6 Å². The number of aromatic nitrogens is 3. The highest BCUT2D eigenvalue weighted by atomic mass is 19.1. The molecule has 2 aromatic carbocycles. The Kier molecular flexibility index (Phi) is 5.96. The molecule has 1 fully saturated rings. The number of nitrogens with zero attached hydrogens (tertiary/aromatic N) is 4. The topological polar surface area (TPSA) is 84.2 Å². The van der Waals surface area contributed by atoms with Gasteiger partial charge in [-0.05, 0) is 49.4 Å². The number of aryl methyl sites for hydroxylation is 1. The number of carbonyl (C=O) groups is 1. The third kappa shape index (κ3) is 4.23. The number of carbonyl (C=O) groups excluding carboxylic acids is 1. The Morgan fingerprint density at radius 3 is 2.85 bits per heavy atom. The zero-order valence-corrected chi connectivity index (χ0v) is 19.2. The summed E-state index contributed by atoms with van der Waals surface area (Å²) in [6.45, 7) is 5.24. The molecule has 0 saturated carbocycles. The highest BCUT2D eigenvalue weighted by Gasteiger charge is 2.34. The summed E-state index contributed by atoms with van der Waals surface area (Å²) in [6.07, 6.45) is 5.33. The molecule has 2 atom stereocenters. The number of rotatable bonds is 5. The molecule has 8 heteroatoms. The van der Waals surface area contributed by atoms with Crippen LogP contribution < -0.4 is 5.32 Å². The SMILES string of the molecule is Cc1cccc(-c2ncccn2)c1C(=O)N1CCC[C@@H](C)[C@H]1CNc1nc2cc(F)ccc2o1. The molecular weight excluding hydrogens is 433 g/mol. The maximum Gasteiger partial charge on any atom is 0.295 e. The van der Waals surface area contributed by atoms with Gasteiger partial charge >= 0.3 is 0 Å². The minimum Gasteiger partial charge on any atom is -0.424 e. The standard InChI is InChI=1S/C26H26FN5O2/c1-16-7-4-13-32(21(16)15-30-26-31-20-14-18(27)9-10-22(20)34-26)25(33)23-17(2)6-3-8-19(23)24-28-11-5-12-29-24/h3,5-6,8-12,14,16,21H,4,7,13,15H2,1-2H3,(H,30,31)/t16-,21-/m1/s1. The van der Waals surface area contributed by atoms with Crippen LogP contribution in [0.5, 0.6) is 0 Å². The normalized spacial score (nSPS) is 18.3. The zero-order valence-electron chi connectivity index (χ0n) is 19.2. The second kappa shape index (κ2) is 9.21. The van der Waals surface area contributed by atoms with E-state index in [1.54, 1.807) is 24.5 Å². The molecule has 34 heavy (non-hydrogen) atoms. The lowest BCUT2D eigenvalue weighted by molar-refractivity contribution is 0.0539. The summed E-state index contributed by atoms with van der Waals surface area (Å²) in [5.74, 6) is 0.431. The second-order valence-electron chi connectivity index (χ2n) is 8.77. The molecule has 0 unspecified atom stereocenters. The number of piperidine rings is 1. The predicted molar refractivity (Wildman–Crippen MR) is 128 cm³/mol. The van der Waals surface area contributed by atoms with E-state index in [1.165, 1.54) is 12.1 Å². The summed E-state index contributed by atoms with van der Waals surface area (Å²) >= 11 is 0. The van der Waals surface area contributed by atoms with Gasteiger partial charge in [0.25, 0.3) is 11.9 Å². The molecule has 0 aliphatic carbocycles. The van der Waals surface area contributed by atoms with E-state index in [2.05, 4.69) is 27.2 Å². The van der Waals surface area contributed by atoms with Crippen molar-refractivity contribution in [2.45, 2.75) is 32.7 Å². The third-order valence-electron chi connectivity index (χ3n) is 6.48. The van der Waals surface area contributed by atoms with Gasteiger partial charge in [0, 0.05) is 37.1 Å². The molecule has 174 valence electrons. The van der Waals surface area contributed by atoms with E-state index in [1.807, 2.05) is 30.0 Å². The van der Waals surface area contributed by atoms with Gasteiger partial charge in [-0.2, -0.15) is 4.98 Å². The van der Waals surface area contributed by atoms with Gasteiger partial charge in [-0.1, -0.05) is 25.1 Å². The molecule has 5 rings (SSSR count). The highest BCUT2D eigenvalue weighted by molar-refractivity contribution is 6.01. The fourth-order valence-corrected chi connectivity index (χ4v) is 4.70. The van der Waals surface area contributed by atoms with Crippen LogP contribution in [0.1, 0.15) is 35.7 Å². The Morgan fingerprint density at radius 1 is 1.21 bits per heavy atom. The first-order valence-corrected chi connectivity index (χ1v) is 11.5. The Hall–Kier alpha value is -3.81. The van der Waals surface area contributed by atoms with Crippen molar-refractivity contribution in [1.82, 2.24) is 19.9 Å². The molecule has 4 aromatic rings. The van der Waals surface area contributed by atoms with Gasteiger partial charge in [0.05, 0.1) is 11.6 Å². The van der Waals surface area contributed by atoms with Crippen molar-refractivity contribution in [2.75, 3.05) is 18.4 Å². The van der Waals surface area contributed by atoms with Crippen molar-refractivity contribution in [1.29, 1.82) is 0 Å². The maximum absolute atomic E-state index is 13.9. The van der Waals surface area contributed by atoms with Crippen molar-refractivity contribution in [3.63, 3.8) is 0 Å². The Labute approximate surface area is 197 Å². The monoisotopic (exact) mass is 459 g/mol. The molecule has 3 heterocycles. The van der Waals surface area contributed by atoms with Crippen molar-refractivity contribution in [2.24, 2.45) is 5.92 Å². The first kappa shape index (κ1) is 22.0. The lowest BCUT2D eigenvalue weighted by Crippen LogP contribution is -2.51. The molecule has 1 amide bonds. The number of amides is 1. The number of benzene rings is 2. The fourth-order valence-electron chi connectivity index (χ4n) is 4.70. The van der Waals surface area contributed by atoms with Crippen LogP contribution in [0.25, 0.3) is 22.5 Å². The van der Waals surface area contributed by atoms with E-state index in [0.717, 1.165) is 24.0 Å². The fraction of sp³-hybridized carbons (Fsp3) is 0.308. The highest BCUT2D eigenvalue weighted by Crippen LogP contribution is 2.30. The molecule has 1 aliphatic heterocycles. The van der Waals surface area contributed by atoms with Crippen molar-refractivity contribution < 1.29 is 13.6 Å². The van der Waals surface area contributed by atoms with Crippen LogP contribution in [0.4, 0.5) is 10.4 Å². The van der Waals surface area contributed by atoms with Gasteiger partial charge in [-0.3, -0.25) is 4.79 Å². The van der Waals surface area contributed by atoms with E-state index in [-0.39, 0.29) is 23.7 Å². The van der Waals surface area contributed by atoms with Crippen LogP contribution >= 0.6 is 0 Å². The van der Waals surface area contributed by atoms with Crippen LogP contribution in [0.15, 0.2) is 59.3 Å². The minimum absolute atomic E-state index is 0.0291. The van der Waals surface area contributed by atoms with E-state index in [9.17, 15) is 9.18 Å². The molecule has 0 spiro atoms. The summed E-state index contributed by atoms with van der Waals surface area (Å²) in [5.41, 5.74) is 3.22. The van der Waals surface area contributed by atoms with E-state index >= 15 is 0 Å². The first-order valence-electron chi connectivity index (χ1n) is 11.5. The third-order valence-corrected chi connectivity index (χ3v) is 6.48. The summed E-state index contributed by atoms with van der Waals surface area (Å²) in [5, 5.41) is 3.23. The first-order chi connectivity index (χ1) is 16.5. The lowest BCUT2D eigenvalue weighted by Gasteiger charge is -2.40. The van der Waals surface area contributed by atoms with E-state index in [0.29, 0.717) is 41.6 Å². The Balaban J connectivity index is 1.42. The summed E-state index contributed by atoms with van der Waals surface area (Å²) < 4.78 is 19.2. The Morgan fingerprint density at radius 2 is 2.03 bits per heavy atom. The smallest absolute Gasteiger partial charge is 0.295 e. The quantitative estimate of drug-likeness (QED) is 0.448. The summed E-state index contributed by atoms with van der Waals surface area (Å²) in [7, 11) is 0. The van der Waals surface area contributed by atoms with Crippen LogP contribution in [-0.4, -0.2) is 44.9 Å². The minimum atomic E-state index is -0.360. The molecule has 7 nitrogen and oxygen atoms in total. The van der Waals surface area contributed by atoms with Crippen LogP contribution in [0.3, 0.4) is 0 Å². The van der Waals surface area contributed by atoms with Crippen molar-refractivity contribution in [3.8, 4) is 11.4 Å². The number of halogens is 1. The molecule has 2 aromatic heterocycles. The number of hydrogen-bond acceptors (Lipinski definition) is 6. The molecule has 0 bridgehead atoms. The predicted octanol–water partition coefficient (Wildman–Crippen LogP) is 5.09. The molecule has 0 radical (unpaired) electrons. The zero-order chi connectivity index (χ0) is 23.7. The van der Waals surface area contributed by atoms with Gasteiger partial charge in [-0.15, -0.1) is 0 Å². The van der Waals surface area contributed by atoms with Crippen LogP contribution in [0.2, 0.25) is 0 Å². The average Bonchev–Trinajstić information content (AvgIpc) is 3.25. The largest absolute Gasteiger partial charge is 0.424 e. The van der Waals surface area contributed by atoms with Crippen molar-refractivity contribution >= 4 is 23.0 Å². The molecular formula is C26H26FN5O2. The van der Waals surface area contributed by atoms with Crippen LogP contribution in [-0.2, 0) is 0 Å². The molecule has 1 saturated heterocycles. The average molecular weight is 460 g/mol. The lowest BCUT2D eigenvalue weighted by atomic mass is 9.89. The van der Waals surface area contributed by atoms with Gasteiger partial charge in [0.1, 0.15) is 11.3 Å². The maximum atomic E-state index is 13.9. The molecule has 1 N–H and O–H groups in total. The second-order valence-corrected chi connectivity index (χ2v) is 8.77. The van der Waals surface area contributed by atoms with Crippen LogP contribution in [0, 0.1) is 18.7 Å². The van der Waals surface area contributed by atoms with Gasteiger partial charge in [0.2, 0.25) is 0 Å². The summed E-state index contributed by atoms with van der Waals surface area (Å²) in [6, 6.07) is 12.0. The number of oxazole rings is 1. The molecule has 1 aliphatic rings. The number of anilines is 1. The number of likely N-dealkylation sites (tertiary alicyclic amines) is 1. The van der Waals surface area contributed by atoms with E-state index < -0.39 is 0 Å². The van der Waals surface area contributed by atoms with Crippen molar-refractivity contribution in [3.05, 3.63) is 71.8 Å². The van der Waals surface area contributed by atoms with Gasteiger partial charge in [0.15, 0.2) is 11.4 Å². The summed E-state index contributed by atoms with van der Waals surface area (Å²) in [4.78, 5) is 29.0. The number of nitrogens with one attached hydrogen (secondary N) is 1. The Bertz CT molecular complexity index is 1320.